The van der Waals surface area contributed by atoms with Gasteiger partial charge in [0.1, 0.15) is 11.6 Å². The molecule has 0 aliphatic carbocycles. The Hall–Kier alpha value is -2.60. The van der Waals surface area contributed by atoms with Gasteiger partial charge in [0.05, 0.1) is 10.6 Å². The number of carbonyl (C=O) groups is 2. The Kier molecular flexibility index (Phi) is 7.09. The molecular formula is C22H24ClFN2O3. The zero-order chi connectivity index (χ0) is 20.8. The fourth-order valence-electron chi connectivity index (χ4n) is 3.40. The number of hydrogen-bond acceptors (Lipinski definition) is 3. The van der Waals surface area contributed by atoms with Gasteiger partial charge in [-0.3, -0.25) is 9.59 Å². The van der Waals surface area contributed by atoms with Crippen molar-refractivity contribution in [1.29, 1.82) is 0 Å². The van der Waals surface area contributed by atoms with Crippen LogP contribution in [0.2, 0.25) is 5.02 Å². The number of para-hydroxylation sites is 1. The molecule has 5 nitrogen and oxygen atoms in total. The molecule has 1 fully saturated rings. The molecule has 0 saturated carbocycles. The molecule has 0 bridgehead atoms. The summed E-state index contributed by atoms with van der Waals surface area (Å²) < 4.78 is 19.8. The summed E-state index contributed by atoms with van der Waals surface area (Å²) in [4.78, 5) is 28.6. The number of benzene rings is 2. The van der Waals surface area contributed by atoms with Crippen molar-refractivity contribution in [2.45, 2.75) is 19.8 Å². The summed E-state index contributed by atoms with van der Waals surface area (Å²) in [7, 11) is 0. The van der Waals surface area contributed by atoms with Gasteiger partial charge in [-0.15, -0.1) is 0 Å². The lowest BCUT2D eigenvalue weighted by atomic mass is 10.1. The maximum Gasteiger partial charge on any atom is 0.260 e. The van der Waals surface area contributed by atoms with Gasteiger partial charge in [-0.05, 0) is 36.6 Å². The predicted octanol–water partition coefficient (Wildman–Crippen LogP) is 3.80. The Bertz CT molecular complexity index is 870. The first kappa shape index (κ1) is 21.1. The minimum atomic E-state index is -0.636. The van der Waals surface area contributed by atoms with E-state index in [-0.39, 0.29) is 23.1 Å². The van der Waals surface area contributed by atoms with E-state index in [0.717, 1.165) is 12.0 Å². The lowest BCUT2D eigenvalue weighted by Gasteiger charge is -2.23. The minimum absolute atomic E-state index is 0.0515. The van der Waals surface area contributed by atoms with Gasteiger partial charge in [0.15, 0.2) is 6.61 Å². The number of aryl methyl sites for hydroxylation is 1. The van der Waals surface area contributed by atoms with Crippen LogP contribution in [0.4, 0.5) is 4.39 Å². The average Bonchev–Trinajstić information content (AvgIpc) is 2.98. The number of amides is 2. The molecule has 0 aromatic heterocycles. The Morgan fingerprint density at radius 1 is 1.03 bits per heavy atom. The average molecular weight is 419 g/mol. The van der Waals surface area contributed by atoms with Crippen molar-refractivity contribution in [3.8, 4) is 5.75 Å². The van der Waals surface area contributed by atoms with Gasteiger partial charge in [-0.2, -0.15) is 0 Å². The molecule has 2 aromatic rings. The number of hydrogen-bond donors (Lipinski definition) is 0. The van der Waals surface area contributed by atoms with E-state index < -0.39 is 11.7 Å². The van der Waals surface area contributed by atoms with Gasteiger partial charge >= 0.3 is 0 Å². The molecule has 0 N–H and O–H groups in total. The summed E-state index contributed by atoms with van der Waals surface area (Å²) in [6.45, 7) is 3.63. The van der Waals surface area contributed by atoms with Crippen LogP contribution >= 0.6 is 11.6 Å². The Labute approximate surface area is 175 Å². The fourth-order valence-corrected chi connectivity index (χ4v) is 3.64. The largest absolute Gasteiger partial charge is 0.483 e. The summed E-state index contributed by atoms with van der Waals surface area (Å²) in [5.41, 5.74) is 0.933. The molecule has 154 valence electrons. The van der Waals surface area contributed by atoms with Gasteiger partial charge < -0.3 is 14.5 Å². The Morgan fingerprint density at radius 2 is 1.76 bits per heavy atom. The van der Waals surface area contributed by atoms with Gasteiger partial charge in [0.25, 0.3) is 11.8 Å². The van der Waals surface area contributed by atoms with Crippen LogP contribution in [0.15, 0.2) is 42.5 Å². The van der Waals surface area contributed by atoms with Crippen molar-refractivity contribution in [2.75, 3.05) is 32.8 Å². The van der Waals surface area contributed by atoms with E-state index in [1.165, 1.54) is 18.2 Å². The van der Waals surface area contributed by atoms with E-state index in [4.69, 9.17) is 16.3 Å². The Balaban J connectivity index is 1.59. The van der Waals surface area contributed by atoms with Crippen LogP contribution in [0.25, 0.3) is 0 Å². The van der Waals surface area contributed by atoms with Crippen LogP contribution in [-0.2, 0) is 11.2 Å². The van der Waals surface area contributed by atoms with Crippen LogP contribution in [0.1, 0.15) is 29.3 Å². The lowest BCUT2D eigenvalue weighted by Crippen LogP contribution is -2.39. The molecule has 2 aromatic carbocycles. The summed E-state index contributed by atoms with van der Waals surface area (Å²) in [5.74, 6) is -0.503. The maximum atomic E-state index is 14.1. The van der Waals surface area contributed by atoms with E-state index >= 15 is 0 Å². The smallest absolute Gasteiger partial charge is 0.260 e. The van der Waals surface area contributed by atoms with E-state index in [2.05, 4.69) is 0 Å². The highest BCUT2D eigenvalue weighted by Gasteiger charge is 2.26. The Morgan fingerprint density at radius 3 is 2.52 bits per heavy atom. The van der Waals surface area contributed by atoms with Crippen LogP contribution in [0.5, 0.6) is 5.75 Å². The summed E-state index contributed by atoms with van der Waals surface area (Å²) in [6, 6.07) is 11.8. The molecule has 0 atom stereocenters. The van der Waals surface area contributed by atoms with Crippen molar-refractivity contribution in [2.24, 2.45) is 0 Å². The number of nitrogens with zero attached hydrogens (tertiary/aromatic N) is 2. The van der Waals surface area contributed by atoms with Crippen LogP contribution in [0, 0.1) is 5.82 Å². The summed E-state index contributed by atoms with van der Waals surface area (Å²) in [6.07, 6.45) is 1.43. The molecule has 1 saturated heterocycles. The van der Waals surface area contributed by atoms with Crippen molar-refractivity contribution in [1.82, 2.24) is 9.80 Å². The highest BCUT2D eigenvalue weighted by molar-refractivity contribution is 6.33. The number of rotatable bonds is 5. The zero-order valence-corrected chi connectivity index (χ0v) is 17.1. The molecule has 3 rings (SSSR count). The number of halogens is 2. The van der Waals surface area contributed by atoms with Crippen LogP contribution in [0.3, 0.4) is 0 Å². The molecule has 7 heteroatoms. The third-order valence-electron chi connectivity index (χ3n) is 5.02. The first-order valence-corrected chi connectivity index (χ1v) is 10.1. The van der Waals surface area contributed by atoms with Crippen molar-refractivity contribution >= 4 is 23.4 Å². The molecular weight excluding hydrogens is 395 g/mol. The quantitative estimate of drug-likeness (QED) is 0.742. The zero-order valence-electron chi connectivity index (χ0n) is 16.4. The topological polar surface area (TPSA) is 49.9 Å². The highest BCUT2D eigenvalue weighted by Crippen LogP contribution is 2.22. The van der Waals surface area contributed by atoms with Crippen LogP contribution in [-0.4, -0.2) is 54.4 Å². The minimum Gasteiger partial charge on any atom is -0.483 e. The van der Waals surface area contributed by atoms with Crippen LogP contribution < -0.4 is 4.74 Å². The second-order valence-corrected chi connectivity index (χ2v) is 7.28. The molecule has 1 aliphatic rings. The van der Waals surface area contributed by atoms with E-state index in [0.29, 0.717) is 38.3 Å². The summed E-state index contributed by atoms with van der Waals surface area (Å²) in [5, 5.41) is 0.0927. The third-order valence-corrected chi connectivity index (χ3v) is 5.33. The van der Waals surface area contributed by atoms with Gasteiger partial charge in [-0.1, -0.05) is 42.8 Å². The SMILES string of the molecule is CCc1ccccc1OCC(=O)N1CCCN(C(=O)c2c(F)cccc2Cl)CC1. The molecule has 2 amide bonds. The first-order valence-electron chi connectivity index (χ1n) is 9.73. The molecule has 0 radical (unpaired) electrons. The highest BCUT2D eigenvalue weighted by atomic mass is 35.5. The molecule has 1 aliphatic heterocycles. The second kappa shape index (κ2) is 9.74. The number of ether oxygens (including phenoxy) is 1. The molecule has 0 spiro atoms. The monoisotopic (exact) mass is 418 g/mol. The van der Waals surface area contributed by atoms with Gasteiger partial charge in [-0.25, -0.2) is 4.39 Å². The molecule has 29 heavy (non-hydrogen) atoms. The lowest BCUT2D eigenvalue weighted by molar-refractivity contribution is -0.133. The van der Waals surface area contributed by atoms with Crippen molar-refractivity contribution in [3.63, 3.8) is 0 Å². The second-order valence-electron chi connectivity index (χ2n) is 6.87. The maximum absolute atomic E-state index is 14.1. The van der Waals surface area contributed by atoms with Crippen molar-refractivity contribution in [3.05, 3.63) is 64.4 Å². The van der Waals surface area contributed by atoms with Crippen molar-refractivity contribution < 1.29 is 18.7 Å². The summed E-state index contributed by atoms with van der Waals surface area (Å²) >= 11 is 6.02. The fraction of sp³-hybridized carbons (Fsp3) is 0.364. The molecule has 0 unspecified atom stereocenters. The van der Waals surface area contributed by atoms with E-state index in [9.17, 15) is 14.0 Å². The number of carbonyl (C=O) groups excluding carboxylic acids is 2. The van der Waals surface area contributed by atoms with Gasteiger partial charge in [0.2, 0.25) is 0 Å². The first-order chi connectivity index (χ1) is 14.0. The predicted molar refractivity (Wildman–Crippen MR) is 110 cm³/mol. The normalized spacial score (nSPS) is 14.4. The van der Waals surface area contributed by atoms with E-state index in [1.54, 1.807) is 9.80 Å². The van der Waals surface area contributed by atoms with E-state index in [1.807, 2.05) is 31.2 Å². The molecule has 1 heterocycles. The van der Waals surface area contributed by atoms with Gasteiger partial charge in [0, 0.05) is 26.2 Å². The third kappa shape index (κ3) is 5.07. The standard InChI is InChI=1S/C22H24ClFN2O3/c1-2-16-7-3-4-10-19(16)29-15-20(27)25-11-6-12-26(14-13-25)22(28)21-17(23)8-5-9-18(21)24/h3-5,7-10H,2,6,11-15H2,1H3.